The number of nitrogens with two attached hydrogens (primary N) is 2. The molecule has 3 unspecified atom stereocenters. The van der Waals surface area contributed by atoms with Gasteiger partial charge in [-0.1, -0.05) is 66.2 Å². The van der Waals surface area contributed by atoms with E-state index in [1.807, 2.05) is 13.8 Å². The molecule has 1 saturated carbocycles. The van der Waals surface area contributed by atoms with Gasteiger partial charge in [-0.3, -0.25) is 14.4 Å². The number of carbonyl (C=O) groups is 3. The first-order chi connectivity index (χ1) is 15.7. The normalized spacial score (nSPS) is 19.2. The highest BCUT2D eigenvalue weighted by Crippen LogP contribution is 2.15. The van der Waals surface area contributed by atoms with E-state index in [0.717, 1.165) is 25.9 Å². The molecule has 0 bridgehead atoms. The van der Waals surface area contributed by atoms with Gasteiger partial charge in [-0.15, -0.1) is 0 Å². The molecule has 33 heavy (non-hydrogen) atoms. The van der Waals surface area contributed by atoms with E-state index in [0.29, 0.717) is 13.0 Å². The summed E-state index contributed by atoms with van der Waals surface area (Å²) < 4.78 is 0. The monoisotopic (exact) mass is 472 g/mol. The molecule has 8 heteroatoms. The van der Waals surface area contributed by atoms with Gasteiger partial charge in [0.15, 0.2) is 5.78 Å². The minimum Gasteiger partial charge on any atom is -0.393 e. The molecule has 7 N–H and O–H groups in total. The van der Waals surface area contributed by atoms with Crippen molar-refractivity contribution in [3.05, 3.63) is 0 Å². The highest BCUT2D eigenvalue weighted by Gasteiger charge is 2.22. The van der Waals surface area contributed by atoms with Crippen LogP contribution < -0.4 is 22.1 Å². The molecular weight excluding hydrogens is 420 g/mol. The molecule has 2 amide bonds. The quantitative estimate of drug-likeness (QED) is 0.367. The molecule has 1 aliphatic heterocycles. The Bertz CT molecular complexity index is 491. The minimum absolute atomic E-state index is 0.00640. The third-order valence-corrected chi connectivity index (χ3v) is 5.38. The Kier molecular flexibility index (Phi) is 22.7. The van der Waals surface area contributed by atoms with Gasteiger partial charge < -0.3 is 27.2 Å². The molecule has 1 saturated heterocycles. The van der Waals surface area contributed by atoms with Crippen LogP contribution in [0.15, 0.2) is 0 Å². The second kappa shape index (κ2) is 22.3. The maximum Gasteiger partial charge on any atom is 0.223 e. The Hall–Kier alpha value is -1.51. The van der Waals surface area contributed by atoms with Crippen molar-refractivity contribution < 1.29 is 19.5 Å². The number of carbonyl (C=O) groups excluding carboxylic acids is 3. The van der Waals surface area contributed by atoms with Crippen LogP contribution in [-0.4, -0.2) is 54.5 Å². The lowest BCUT2D eigenvalue weighted by molar-refractivity contribution is -0.130. The number of Topliss-reactive ketones (excluding diaryl/α,β-unsaturated/α-hetero) is 1. The van der Waals surface area contributed by atoms with Crippen LogP contribution in [0, 0.1) is 11.8 Å². The van der Waals surface area contributed by atoms with Gasteiger partial charge in [0.05, 0.1) is 24.5 Å². The summed E-state index contributed by atoms with van der Waals surface area (Å²) in [4.78, 5) is 33.7. The average Bonchev–Trinajstić information content (AvgIpc) is 2.81. The van der Waals surface area contributed by atoms with Crippen molar-refractivity contribution in [2.24, 2.45) is 23.3 Å². The lowest BCUT2D eigenvalue weighted by atomic mass is 9.99. The Labute approximate surface area is 202 Å². The van der Waals surface area contributed by atoms with E-state index in [2.05, 4.69) is 10.6 Å². The van der Waals surface area contributed by atoms with Crippen LogP contribution in [-0.2, 0) is 14.4 Å². The van der Waals surface area contributed by atoms with Gasteiger partial charge in [-0.2, -0.15) is 0 Å². The second-order valence-corrected chi connectivity index (χ2v) is 8.87. The lowest BCUT2D eigenvalue weighted by Crippen LogP contribution is -2.44. The largest absolute Gasteiger partial charge is 0.393 e. The summed E-state index contributed by atoms with van der Waals surface area (Å²) in [5.74, 6) is -0.559. The molecule has 2 fully saturated rings. The molecule has 196 valence electrons. The van der Waals surface area contributed by atoms with E-state index in [4.69, 9.17) is 16.6 Å². The van der Waals surface area contributed by atoms with Crippen LogP contribution in [0.25, 0.3) is 0 Å². The first-order valence-electron chi connectivity index (χ1n) is 12.9. The molecule has 1 aliphatic carbocycles. The lowest BCUT2D eigenvalue weighted by Gasteiger charge is -2.19. The van der Waals surface area contributed by atoms with Crippen LogP contribution in [0.4, 0.5) is 0 Å². The fraction of sp³-hybridized carbons (Fsp3) is 0.880. The molecule has 2 rings (SSSR count). The maximum absolute atomic E-state index is 11.7. The van der Waals surface area contributed by atoms with E-state index in [-0.39, 0.29) is 35.9 Å². The fourth-order valence-electron chi connectivity index (χ4n) is 3.53. The third kappa shape index (κ3) is 19.6. The molecular formula is C25H52N4O4. The zero-order valence-corrected chi connectivity index (χ0v) is 21.8. The van der Waals surface area contributed by atoms with E-state index in [1.165, 1.54) is 45.4 Å². The molecule has 0 spiro atoms. The predicted octanol–water partition coefficient (Wildman–Crippen LogP) is 2.65. The Morgan fingerprint density at radius 1 is 1.00 bits per heavy atom. The summed E-state index contributed by atoms with van der Waals surface area (Å²) in [5.41, 5.74) is 10.5. The number of hydrogen-bond donors (Lipinski definition) is 5. The van der Waals surface area contributed by atoms with E-state index >= 15 is 0 Å². The van der Waals surface area contributed by atoms with Crippen molar-refractivity contribution in [3.63, 3.8) is 0 Å². The topological polar surface area (TPSA) is 148 Å². The van der Waals surface area contributed by atoms with Crippen LogP contribution >= 0.6 is 0 Å². The van der Waals surface area contributed by atoms with Gasteiger partial charge in [0.1, 0.15) is 0 Å². The summed E-state index contributed by atoms with van der Waals surface area (Å²) in [6.07, 6.45) is 10.8. The first-order valence-corrected chi connectivity index (χ1v) is 12.9. The zero-order valence-electron chi connectivity index (χ0n) is 21.8. The fourth-order valence-corrected chi connectivity index (χ4v) is 3.53. The number of ketones is 1. The van der Waals surface area contributed by atoms with Crippen LogP contribution in [0.2, 0.25) is 0 Å². The van der Waals surface area contributed by atoms with E-state index < -0.39 is 12.1 Å². The third-order valence-electron chi connectivity index (χ3n) is 5.38. The van der Waals surface area contributed by atoms with Crippen molar-refractivity contribution in [3.8, 4) is 0 Å². The summed E-state index contributed by atoms with van der Waals surface area (Å²) in [6.45, 7) is 11.2. The molecule has 0 aromatic rings. The summed E-state index contributed by atoms with van der Waals surface area (Å²) >= 11 is 0. The molecule has 8 nitrogen and oxygen atoms in total. The van der Waals surface area contributed by atoms with Crippen molar-refractivity contribution in [1.82, 2.24) is 10.6 Å². The maximum atomic E-state index is 11.7. The highest BCUT2D eigenvalue weighted by molar-refractivity contribution is 5.90. The van der Waals surface area contributed by atoms with Gasteiger partial charge in [0, 0.05) is 12.5 Å². The Morgan fingerprint density at radius 3 is 1.82 bits per heavy atom. The van der Waals surface area contributed by atoms with Crippen molar-refractivity contribution in [2.45, 2.75) is 111 Å². The van der Waals surface area contributed by atoms with Gasteiger partial charge in [-0.05, 0) is 39.3 Å². The standard InChI is InChI=1S/C11H22N2O3.C6H12N2O.C6H12.C2H6/c1-7(2)11(16)9(4-5-12)13-10(15)6-8(3)14;7-6(9)5-2-1-3-8-4-5;1-2-4-6-5-3-1;1-2/h7-9,14H,4-6,12H2,1-3H3,(H,13,15);5,8H,1-4H2,(H2,7,9);1-6H2;1-2H3. The number of nitrogens with one attached hydrogen (secondary N) is 2. The van der Waals surface area contributed by atoms with E-state index in [1.54, 1.807) is 13.8 Å². The molecule has 2 aliphatic rings. The highest BCUT2D eigenvalue weighted by atomic mass is 16.3. The number of rotatable bonds is 8. The van der Waals surface area contributed by atoms with Gasteiger partial charge in [0.25, 0.3) is 0 Å². The van der Waals surface area contributed by atoms with Gasteiger partial charge in [-0.25, -0.2) is 0 Å². The Balaban J connectivity index is 0. The van der Waals surface area contributed by atoms with Gasteiger partial charge in [0.2, 0.25) is 11.8 Å². The zero-order chi connectivity index (χ0) is 25.6. The minimum atomic E-state index is -0.701. The van der Waals surface area contributed by atoms with Crippen LogP contribution in [0.3, 0.4) is 0 Å². The van der Waals surface area contributed by atoms with Crippen molar-refractivity contribution in [1.29, 1.82) is 0 Å². The SMILES string of the molecule is C1CCCCC1.CC.CC(O)CC(=O)NC(CCN)C(=O)C(C)C.NC(=O)C1CCCNC1. The number of piperidine rings is 1. The average molecular weight is 473 g/mol. The van der Waals surface area contributed by atoms with Crippen LogP contribution in [0.5, 0.6) is 0 Å². The molecule has 3 atom stereocenters. The number of amides is 2. The van der Waals surface area contributed by atoms with Crippen molar-refractivity contribution in [2.75, 3.05) is 19.6 Å². The molecule has 0 aromatic carbocycles. The van der Waals surface area contributed by atoms with Crippen molar-refractivity contribution >= 4 is 17.6 Å². The smallest absolute Gasteiger partial charge is 0.223 e. The Morgan fingerprint density at radius 2 is 1.52 bits per heavy atom. The summed E-state index contributed by atoms with van der Waals surface area (Å²) in [6, 6.07) is -0.531. The molecule has 1 heterocycles. The number of primary amides is 1. The van der Waals surface area contributed by atoms with Gasteiger partial charge >= 0.3 is 0 Å². The molecule has 0 aromatic heterocycles. The molecule has 0 radical (unpaired) electrons. The first kappa shape index (κ1) is 33.7. The number of hydrogen-bond acceptors (Lipinski definition) is 6. The predicted molar refractivity (Wildman–Crippen MR) is 136 cm³/mol. The van der Waals surface area contributed by atoms with Crippen LogP contribution in [0.1, 0.15) is 98.8 Å². The van der Waals surface area contributed by atoms with E-state index in [9.17, 15) is 14.4 Å². The second-order valence-electron chi connectivity index (χ2n) is 8.87. The summed E-state index contributed by atoms with van der Waals surface area (Å²) in [7, 11) is 0. The number of aliphatic hydroxyl groups is 1. The summed E-state index contributed by atoms with van der Waals surface area (Å²) in [5, 5.41) is 14.8. The number of aliphatic hydroxyl groups excluding tert-OH is 1.